The first-order chi connectivity index (χ1) is 11.2. The van der Waals surface area contributed by atoms with E-state index in [0.29, 0.717) is 6.54 Å². The van der Waals surface area contributed by atoms with Gasteiger partial charge in [-0.2, -0.15) is 0 Å². The number of rotatable bonds is 3. The van der Waals surface area contributed by atoms with Gasteiger partial charge in [-0.15, -0.1) is 0 Å². The van der Waals surface area contributed by atoms with Crippen LogP contribution < -0.4 is 0 Å². The summed E-state index contributed by atoms with van der Waals surface area (Å²) in [5, 5.41) is 4.03. The monoisotopic (exact) mass is 307 g/mol. The number of aromatic nitrogens is 3. The summed E-state index contributed by atoms with van der Waals surface area (Å²) in [6.45, 7) is 2.49. The Morgan fingerprint density at radius 3 is 2.65 bits per heavy atom. The number of benzene rings is 1. The highest BCUT2D eigenvalue weighted by Crippen LogP contribution is 2.24. The number of halogens is 1. The number of aryl methyl sites for hydroxylation is 1. The minimum atomic E-state index is -0.243. The molecule has 4 aromatic rings. The average molecular weight is 307 g/mol. The van der Waals surface area contributed by atoms with Crippen LogP contribution in [0.1, 0.15) is 11.5 Å². The Morgan fingerprint density at radius 2 is 1.91 bits per heavy atom. The molecule has 0 N–H and O–H groups in total. The maximum atomic E-state index is 13.1. The molecule has 0 spiro atoms. The Balaban J connectivity index is 1.75. The molecule has 114 valence electrons. The Kier molecular flexibility index (Phi) is 3.19. The molecule has 5 heteroatoms. The maximum Gasteiger partial charge on any atom is 0.133 e. The predicted octanol–water partition coefficient (Wildman–Crippen LogP) is 4.19. The van der Waals surface area contributed by atoms with Gasteiger partial charge in [-0.05, 0) is 36.8 Å². The molecule has 1 aromatic carbocycles. The molecule has 0 aliphatic rings. The molecule has 0 unspecified atom stereocenters. The highest BCUT2D eigenvalue weighted by molar-refractivity contribution is 5.81. The van der Waals surface area contributed by atoms with Crippen molar-refractivity contribution in [2.24, 2.45) is 0 Å². The molecule has 0 saturated heterocycles. The van der Waals surface area contributed by atoms with E-state index in [4.69, 9.17) is 4.52 Å². The predicted molar refractivity (Wildman–Crippen MR) is 85.5 cm³/mol. The van der Waals surface area contributed by atoms with Gasteiger partial charge in [0.05, 0.1) is 17.6 Å². The van der Waals surface area contributed by atoms with Gasteiger partial charge in [0.15, 0.2) is 0 Å². The summed E-state index contributed by atoms with van der Waals surface area (Å²) < 4.78 is 20.3. The number of nitrogens with zero attached hydrogens (tertiary/aromatic N) is 3. The average Bonchev–Trinajstić information content (AvgIpc) is 3.15. The molecule has 4 nitrogen and oxygen atoms in total. The molecule has 0 fully saturated rings. The second-order valence-corrected chi connectivity index (χ2v) is 5.51. The first-order valence-corrected chi connectivity index (χ1v) is 7.32. The standard InChI is InChI=1S/C18H14FN3O/c1-12-8-16(21-23-12)11-22-7-6-17-18(22)9-14(10-20-17)13-2-4-15(19)5-3-13/h2-10H,11H2,1H3. The van der Waals surface area contributed by atoms with Crippen molar-refractivity contribution in [3.8, 4) is 11.1 Å². The van der Waals surface area contributed by atoms with E-state index in [1.54, 1.807) is 18.3 Å². The molecule has 0 bridgehead atoms. The van der Waals surface area contributed by atoms with Gasteiger partial charge in [0.25, 0.3) is 0 Å². The normalized spacial score (nSPS) is 11.2. The highest BCUT2D eigenvalue weighted by Gasteiger charge is 2.08. The first kappa shape index (κ1) is 13.7. The summed E-state index contributed by atoms with van der Waals surface area (Å²) in [4.78, 5) is 4.49. The van der Waals surface area contributed by atoms with E-state index in [1.807, 2.05) is 25.3 Å². The molecule has 0 aliphatic carbocycles. The summed E-state index contributed by atoms with van der Waals surface area (Å²) in [7, 11) is 0. The van der Waals surface area contributed by atoms with Crippen molar-refractivity contribution < 1.29 is 8.91 Å². The Hall–Kier alpha value is -2.95. The van der Waals surface area contributed by atoms with Crippen LogP contribution in [0.3, 0.4) is 0 Å². The van der Waals surface area contributed by atoms with Crippen molar-refractivity contribution in [2.75, 3.05) is 0 Å². The Morgan fingerprint density at radius 1 is 1.09 bits per heavy atom. The van der Waals surface area contributed by atoms with Crippen molar-refractivity contribution >= 4 is 11.0 Å². The van der Waals surface area contributed by atoms with Crippen molar-refractivity contribution in [3.05, 3.63) is 72.1 Å². The van der Waals surface area contributed by atoms with Crippen molar-refractivity contribution in [3.63, 3.8) is 0 Å². The molecule has 23 heavy (non-hydrogen) atoms. The Bertz CT molecular complexity index is 970. The van der Waals surface area contributed by atoms with Crippen LogP contribution in [0.25, 0.3) is 22.2 Å². The smallest absolute Gasteiger partial charge is 0.133 e. The third-order valence-electron chi connectivity index (χ3n) is 3.81. The van der Waals surface area contributed by atoms with Crippen molar-refractivity contribution in [1.29, 1.82) is 0 Å². The van der Waals surface area contributed by atoms with E-state index in [-0.39, 0.29) is 5.82 Å². The lowest BCUT2D eigenvalue weighted by molar-refractivity contribution is 0.389. The lowest BCUT2D eigenvalue weighted by atomic mass is 10.1. The van der Waals surface area contributed by atoms with E-state index in [2.05, 4.69) is 20.8 Å². The molecular weight excluding hydrogens is 293 g/mol. The van der Waals surface area contributed by atoms with Crippen LogP contribution in [-0.4, -0.2) is 14.7 Å². The summed E-state index contributed by atoms with van der Waals surface area (Å²) in [6.07, 6.45) is 3.79. The van der Waals surface area contributed by atoms with Gasteiger partial charge in [0.2, 0.25) is 0 Å². The first-order valence-electron chi connectivity index (χ1n) is 7.32. The second-order valence-electron chi connectivity index (χ2n) is 5.51. The molecule has 0 aliphatic heterocycles. The van der Waals surface area contributed by atoms with Crippen LogP contribution in [-0.2, 0) is 6.54 Å². The maximum absolute atomic E-state index is 13.1. The van der Waals surface area contributed by atoms with Crippen LogP contribution >= 0.6 is 0 Å². The van der Waals surface area contributed by atoms with Crippen LogP contribution in [0.15, 0.2) is 59.4 Å². The minimum absolute atomic E-state index is 0.243. The summed E-state index contributed by atoms with van der Waals surface area (Å²) in [5.41, 5.74) is 4.68. The number of fused-ring (bicyclic) bond motifs is 1. The molecule has 0 radical (unpaired) electrons. The molecule has 4 rings (SSSR count). The van der Waals surface area contributed by atoms with Crippen molar-refractivity contribution in [2.45, 2.75) is 13.5 Å². The zero-order chi connectivity index (χ0) is 15.8. The van der Waals surface area contributed by atoms with E-state index in [1.165, 1.54) is 12.1 Å². The molecule has 0 amide bonds. The van der Waals surface area contributed by atoms with E-state index < -0.39 is 0 Å². The molecule has 0 saturated carbocycles. The van der Waals surface area contributed by atoms with Gasteiger partial charge in [-0.25, -0.2) is 4.39 Å². The van der Waals surface area contributed by atoms with Crippen LogP contribution in [0.4, 0.5) is 4.39 Å². The van der Waals surface area contributed by atoms with Gasteiger partial charge >= 0.3 is 0 Å². The van der Waals surface area contributed by atoms with Crippen LogP contribution in [0, 0.1) is 12.7 Å². The third kappa shape index (κ3) is 2.61. The lowest BCUT2D eigenvalue weighted by Gasteiger charge is -2.05. The molecule has 3 aromatic heterocycles. The Labute approximate surface area is 132 Å². The van der Waals surface area contributed by atoms with Crippen molar-refractivity contribution in [1.82, 2.24) is 14.7 Å². The molecule has 3 heterocycles. The molecule has 0 atom stereocenters. The number of pyridine rings is 1. The summed E-state index contributed by atoms with van der Waals surface area (Å²) >= 11 is 0. The molecular formula is C18H14FN3O. The lowest BCUT2D eigenvalue weighted by Crippen LogP contribution is -1.98. The zero-order valence-corrected chi connectivity index (χ0v) is 12.5. The highest BCUT2D eigenvalue weighted by atomic mass is 19.1. The largest absolute Gasteiger partial charge is 0.361 e. The summed E-state index contributed by atoms with van der Waals surface area (Å²) in [6, 6.07) is 12.4. The quantitative estimate of drug-likeness (QED) is 0.570. The van der Waals surface area contributed by atoms with Gasteiger partial charge in [0, 0.05) is 24.0 Å². The minimum Gasteiger partial charge on any atom is -0.361 e. The third-order valence-corrected chi connectivity index (χ3v) is 3.81. The fourth-order valence-electron chi connectivity index (χ4n) is 2.67. The number of hydrogen-bond donors (Lipinski definition) is 0. The van der Waals surface area contributed by atoms with E-state index in [0.717, 1.165) is 33.6 Å². The SMILES string of the molecule is Cc1cc(Cn2ccc3ncc(-c4ccc(F)cc4)cc32)no1. The van der Waals surface area contributed by atoms with E-state index in [9.17, 15) is 4.39 Å². The summed E-state index contributed by atoms with van der Waals surface area (Å²) in [5.74, 6) is 0.550. The van der Waals surface area contributed by atoms with Crippen LogP contribution in [0.5, 0.6) is 0 Å². The topological polar surface area (TPSA) is 43.9 Å². The van der Waals surface area contributed by atoms with Gasteiger partial charge in [-0.1, -0.05) is 17.3 Å². The number of hydrogen-bond acceptors (Lipinski definition) is 3. The fourth-order valence-corrected chi connectivity index (χ4v) is 2.67. The van der Waals surface area contributed by atoms with Crippen LogP contribution in [0.2, 0.25) is 0 Å². The fraction of sp³-hybridized carbons (Fsp3) is 0.111. The van der Waals surface area contributed by atoms with Gasteiger partial charge in [0.1, 0.15) is 17.3 Å². The van der Waals surface area contributed by atoms with E-state index >= 15 is 0 Å². The van der Waals surface area contributed by atoms with Gasteiger partial charge in [-0.3, -0.25) is 4.98 Å². The zero-order valence-electron chi connectivity index (χ0n) is 12.5. The second kappa shape index (κ2) is 5.35. The van der Waals surface area contributed by atoms with Gasteiger partial charge < -0.3 is 9.09 Å².